The van der Waals surface area contributed by atoms with E-state index in [-0.39, 0.29) is 5.91 Å². The van der Waals surface area contributed by atoms with E-state index in [1.54, 1.807) is 18.2 Å². The first-order valence-corrected chi connectivity index (χ1v) is 6.06. The Hall–Kier alpha value is -1.88. The van der Waals surface area contributed by atoms with Gasteiger partial charge < -0.3 is 10.1 Å². The number of hydrogen-bond donors (Lipinski definition) is 1. The van der Waals surface area contributed by atoms with E-state index in [2.05, 4.69) is 26.2 Å². The van der Waals surface area contributed by atoms with Crippen LogP contribution >= 0.6 is 15.9 Å². The zero-order chi connectivity index (χ0) is 13.0. The Morgan fingerprint density at radius 2 is 1.94 bits per heavy atom. The zero-order valence-electron chi connectivity index (χ0n) is 9.68. The van der Waals surface area contributed by atoms with Gasteiger partial charge in [-0.25, -0.2) is 4.98 Å². The third-order valence-electron chi connectivity index (χ3n) is 2.27. The molecule has 1 amide bonds. The molecule has 0 bridgehead atoms. The van der Waals surface area contributed by atoms with Crippen LogP contribution in [0.5, 0.6) is 5.88 Å². The number of amides is 1. The standard InChI is InChI=1S/C13H11BrN2O2/c1-18-12-4-2-3-11(16-12)13(17)15-10-7-5-9(14)6-8-10/h2-8H,1H3,(H,15,17). The zero-order valence-corrected chi connectivity index (χ0v) is 11.3. The summed E-state index contributed by atoms with van der Waals surface area (Å²) in [5.74, 6) is 0.148. The highest BCUT2D eigenvalue weighted by Gasteiger charge is 2.08. The van der Waals surface area contributed by atoms with Crippen LogP contribution in [0.1, 0.15) is 10.5 Å². The number of hydrogen-bond acceptors (Lipinski definition) is 3. The Bertz CT molecular complexity index is 555. The van der Waals surface area contributed by atoms with E-state index in [0.717, 1.165) is 4.47 Å². The third kappa shape index (κ3) is 3.07. The number of carbonyl (C=O) groups excluding carboxylic acids is 1. The normalized spacial score (nSPS) is 9.89. The number of nitrogens with one attached hydrogen (secondary N) is 1. The Morgan fingerprint density at radius 1 is 1.22 bits per heavy atom. The molecule has 1 aromatic heterocycles. The molecule has 0 spiro atoms. The van der Waals surface area contributed by atoms with Gasteiger partial charge in [0.15, 0.2) is 0 Å². The van der Waals surface area contributed by atoms with Crippen molar-refractivity contribution in [3.8, 4) is 5.88 Å². The number of ether oxygens (including phenoxy) is 1. The number of methoxy groups -OCH3 is 1. The first-order valence-electron chi connectivity index (χ1n) is 5.27. The van der Waals surface area contributed by atoms with Crippen molar-refractivity contribution < 1.29 is 9.53 Å². The summed E-state index contributed by atoms with van der Waals surface area (Å²) in [6, 6.07) is 12.4. The molecule has 0 fully saturated rings. The van der Waals surface area contributed by atoms with Gasteiger partial charge in [0.2, 0.25) is 5.88 Å². The number of carbonyl (C=O) groups is 1. The number of anilines is 1. The van der Waals surface area contributed by atoms with Crippen LogP contribution in [0.3, 0.4) is 0 Å². The maximum atomic E-state index is 11.9. The van der Waals surface area contributed by atoms with E-state index in [1.807, 2.05) is 24.3 Å². The summed E-state index contributed by atoms with van der Waals surface area (Å²) >= 11 is 3.33. The first kappa shape index (κ1) is 12.6. The second-order valence-electron chi connectivity index (χ2n) is 3.53. The summed E-state index contributed by atoms with van der Waals surface area (Å²) in [5.41, 5.74) is 1.03. The number of rotatable bonds is 3. The van der Waals surface area contributed by atoms with Gasteiger partial charge in [0.1, 0.15) is 5.69 Å². The quantitative estimate of drug-likeness (QED) is 0.948. The van der Waals surface area contributed by atoms with Gasteiger partial charge in [-0.3, -0.25) is 4.79 Å². The van der Waals surface area contributed by atoms with E-state index in [0.29, 0.717) is 17.3 Å². The van der Waals surface area contributed by atoms with Crippen LogP contribution in [0.4, 0.5) is 5.69 Å². The van der Waals surface area contributed by atoms with E-state index < -0.39 is 0 Å². The van der Waals surface area contributed by atoms with E-state index in [4.69, 9.17) is 4.74 Å². The largest absolute Gasteiger partial charge is 0.481 e. The number of nitrogens with zero attached hydrogens (tertiary/aromatic N) is 1. The van der Waals surface area contributed by atoms with Crippen LogP contribution in [0.2, 0.25) is 0 Å². The van der Waals surface area contributed by atoms with Crippen molar-refractivity contribution in [2.45, 2.75) is 0 Å². The molecule has 2 aromatic rings. The van der Waals surface area contributed by atoms with Crippen molar-refractivity contribution in [2.75, 3.05) is 12.4 Å². The molecule has 18 heavy (non-hydrogen) atoms. The SMILES string of the molecule is COc1cccc(C(=O)Nc2ccc(Br)cc2)n1. The lowest BCUT2D eigenvalue weighted by Crippen LogP contribution is -2.13. The summed E-state index contributed by atoms with van der Waals surface area (Å²) < 4.78 is 5.93. The monoisotopic (exact) mass is 306 g/mol. The third-order valence-corrected chi connectivity index (χ3v) is 2.80. The van der Waals surface area contributed by atoms with Gasteiger partial charge in [-0.1, -0.05) is 22.0 Å². The highest BCUT2D eigenvalue weighted by molar-refractivity contribution is 9.10. The van der Waals surface area contributed by atoms with Crippen molar-refractivity contribution in [1.29, 1.82) is 0 Å². The fourth-order valence-electron chi connectivity index (χ4n) is 1.38. The van der Waals surface area contributed by atoms with Crippen LogP contribution in [-0.4, -0.2) is 18.0 Å². The van der Waals surface area contributed by atoms with Crippen LogP contribution in [0, 0.1) is 0 Å². The Labute approximate surface area is 113 Å². The molecule has 0 unspecified atom stereocenters. The molecule has 0 aliphatic carbocycles. The second kappa shape index (κ2) is 5.64. The molecule has 92 valence electrons. The summed E-state index contributed by atoms with van der Waals surface area (Å²) in [6.07, 6.45) is 0. The molecule has 0 saturated carbocycles. The molecule has 5 heteroatoms. The smallest absolute Gasteiger partial charge is 0.274 e. The molecule has 4 nitrogen and oxygen atoms in total. The lowest BCUT2D eigenvalue weighted by Gasteiger charge is -2.05. The molecular formula is C13H11BrN2O2. The first-order chi connectivity index (χ1) is 8.69. The number of aromatic nitrogens is 1. The number of benzene rings is 1. The summed E-state index contributed by atoms with van der Waals surface area (Å²) in [6.45, 7) is 0. The average Bonchev–Trinajstić information content (AvgIpc) is 2.41. The average molecular weight is 307 g/mol. The molecule has 0 saturated heterocycles. The van der Waals surface area contributed by atoms with Gasteiger partial charge in [-0.2, -0.15) is 0 Å². The highest BCUT2D eigenvalue weighted by atomic mass is 79.9. The van der Waals surface area contributed by atoms with Crippen molar-refractivity contribution in [1.82, 2.24) is 4.98 Å². The maximum absolute atomic E-state index is 11.9. The van der Waals surface area contributed by atoms with Gasteiger partial charge in [0.05, 0.1) is 7.11 Å². The molecule has 1 N–H and O–H groups in total. The fourth-order valence-corrected chi connectivity index (χ4v) is 1.65. The molecule has 0 radical (unpaired) electrons. The van der Waals surface area contributed by atoms with Crippen molar-refractivity contribution in [3.05, 3.63) is 52.6 Å². The minimum Gasteiger partial charge on any atom is -0.481 e. The van der Waals surface area contributed by atoms with E-state index in [9.17, 15) is 4.79 Å². The summed E-state index contributed by atoms with van der Waals surface area (Å²) in [4.78, 5) is 16.0. The predicted molar refractivity (Wildman–Crippen MR) is 72.9 cm³/mol. The van der Waals surface area contributed by atoms with Gasteiger partial charge in [0.25, 0.3) is 5.91 Å². The van der Waals surface area contributed by atoms with Gasteiger partial charge in [-0.15, -0.1) is 0 Å². The molecule has 2 rings (SSSR count). The Kier molecular flexibility index (Phi) is 3.94. The summed E-state index contributed by atoms with van der Waals surface area (Å²) in [7, 11) is 1.51. The molecule has 0 aliphatic rings. The van der Waals surface area contributed by atoms with Crippen molar-refractivity contribution in [2.24, 2.45) is 0 Å². The number of pyridine rings is 1. The molecule has 1 aromatic carbocycles. The minimum atomic E-state index is -0.267. The fraction of sp³-hybridized carbons (Fsp3) is 0.0769. The van der Waals surface area contributed by atoms with Crippen molar-refractivity contribution in [3.63, 3.8) is 0 Å². The van der Waals surface area contributed by atoms with Gasteiger partial charge >= 0.3 is 0 Å². The summed E-state index contributed by atoms with van der Waals surface area (Å²) in [5, 5.41) is 2.76. The Balaban J connectivity index is 2.14. The van der Waals surface area contributed by atoms with Crippen LogP contribution in [0.25, 0.3) is 0 Å². The van der Waals surface area contributed by atoms with E-state index >= 15 is 0 Å². The number of halogens is 1. The van der Waals surface area contributed by atoms with Crippen LogP contribution in [0.15, 0.2) is 46.9 Å². The lowest BCUT2D eigenvalue weighted by molar-refractivity contribution is 0.102. The maximum Gasteiger partial charge on any atom is 0.274 e. The molecular weight excluding hydrogens is 296 g/mol. The van der Waals surface area contributed by atoms with Gasteiger partial charge in [0, 0.05) is 16.2 Å². The second-order valence-corrected chi connectivity index (χ2v) is 4.44. The minimum absolute atomic E-state index is 0.267. The highest BCUT2D eigenvalue weighted by Crippen LogP contribution is 2.15. The molecule has 0 atom stereocenters. The lowest BCUT2D eigenvalue weighted by atomic mass is 10.3. The van der Waals surface area contributed by atoms with Crippen LogP contribution < -0.4 is 10.1 Å². The van der Waals surface area contributed by atoms with Gasteiger partial charge in [-0.05, 0) is 30.3 Å². The molecule has 0 aliphatic heterocycles. The topological polar surface area (TPSA) is 51.2 Å². The van der Waals surface area contributed by atoms with E-state index in [1.165, 1.54) is 7.11 Å². The molecule has 1 heterocycles. The predicted octanol–water partition coefficient (Wildman–Crippen LogP) is 3.11. The van der Waals surface area contributed by atoms with Crippen LogP contribution in [-0.2, 0) is 0 Å². The Morgan fingerprint density at radius 3 is 2.61 bits per heavy atom. The van der Waals surface area contributed by atoms with Crippen molar-refractivity contribution >= 4 is 27.5 Å².